The normalized spacial score (nSPS) is 17.5. The largest absolute Gasteiger partial charge is 0.496 e. The number of benzene rings is 1. The highest BCUT2D eigenvalue weighted by molar-refractivity contribution is 6.11. The first-order chi connectivity index (χ1) is 8.22. The maximum Gasteiger partial charge on any atom is 0.367 e. The van der Waals surface area contributed by atoms with E-state index in [2.05, 4.69) is 4.99 Å². The van der Waals surface area contributed by atoms with Crippen LogP contribution in [-0.4, -0.2) is 18.5 Å². The van der Waals surface area contributed by atoms with Crippen molar-refractivity contribution >= 4 is 11.9 Å². The summed E-state index contributed by atoms with van der Waals surface area (Å²) in [5, 5.41) is 0. The maximum absolute atomic E-state index is 11.6. The molecule has 0 saturated carbocycles. The molecule has 1 aliphatic rings. The Morgan fingerprint density at radius 3 is 2.71 bits per heavy atom. The Labute approximate surface area is 99.6 Å². The third kappa shape index (κ3) is 2.36. The Morgan fingerprint density at radius 1 is 1.35 bits per heavy atom. The van der Waals surface area contributed by atoms with Crippen LogP contribution in [0.5, 0.6) is 0 Å². The van der Waals surface area contributed by atoms with E-state index in [1.54, 1.807) is 6.92 Å². The summed E-state index contributed by atoms with van der Waals surface area (Å²) in [7, 11) is 0. The number of carbonyl (C=O) groups is 1. The second-order valence-electron chi connectivity index (χ2n) is 3.51. The molecule has 1 heterocycles. The molecular formula is C13H13NO3. The first-order valence-electron chi connectivity index (χ1n) is 5.42. The first kappa shape index (κ1) is 11.4. The lowest BCUT2D eigenvalue weighted by Crippen LogP contribution is -2.06. The molecule has 2 rings (SSSR count). The van der Waals surface area contributed by atoms with E-state index in [-0.39, 0.29) is 5.70 Å². The summed E-state index contributed by atoms with van der Waals surface area (Å²) >= 11 is 0. The molecule has 0 unspecified atom stereocenters. The Morgan fingerprint density at radius 2 is 2.06 bits per heavy atom. The molecule has 0 bridgehead atoms. The van der Waals surface area contributed by atoms with Gasteiger partial charge >= 0.3 is 5.97 Å². The number of hydrogen-bond donors (Lipinski definition) is 0. The van der Waals surface area contributed by atoms with E-state index in [4.69, 9.17) is 9.47 Å². The van der Waals surface area contributed by atoms with Gasteiger partial charge in [-0.1, -0.05) is 18.2 Å². The number of aliphatic imine (C=N–C) groups is 1. The number of carbonyl (C=O) groups excluding carboxylic acids is 1. The quantitative estimate of drug-likeness (QED) is 0.455. The lowest BCUT2D eigenvalue weighted by atomic mass is 10.2. The van der Waals surface area contributed by atoms with Crippen molar-refractivity contribution in [3.05, 3.63) is 47.4 Å². The molecular weight excluding hydrogens is 218 g/mol. The predicted molar refractivity (Wildman–Crippen MR) is 63.4 cm³/mol. The number of ether oxygens (including phenoxy) is 2. The van der Waals surface area contributed by atoms with Crippen LogP contribution in [0.1, 0.15) is 19.4 Å². The van der Waals surface area contributed by atoms with Crippen molar-refractivity contribution in [3.63, 3.8) is 0 Å². The van der Waals surface area contributed by atoms with Crippen LogP contribution >= 0.6 is 0 Å². The Hall–Kier alpha value is -2.10. The van der Waals surface area contributed by atoms with Gasteiger partial charge in [-0.25, -0.2) is 9.79 Å². The summed E-state index contributed by atoms with van der Waals surface area (Å²) in [6.07, 6.45) is 0. The summed E-state index contributed by atoms with van der Waals surface area (Å²) in [6, 6.07) is 9.30. The Balaban J connectivity index is 2.32. The summed E-state index contributed by atoms with van der Waals surface area (Å²) in [6.45, 7) is 4.06. The number of cyclic esters (lactones) is 1. The molecule has 17 heavy (non-hydrogen) atoms. The molecule has 1 aromatic carbocycles. The highest BCUT2D eigenvalue weighted by atomic mass is 16.6. The van der Waals surface area contributed by atoms with Gasteiger partial charge in [-0.3, -0.25) is 0 Å². The summed E-state index contributed by atoms with van der Waals surface area (Å²) < 4.78 is 10.4. The van der Waals surface area contributed by atoms with Crippen molar-refractivity contribution in [1.82, 2.24) is 0 Å². The van der Waals surface area contributed by atoms with E-state index in [0.29, 0.717) is 18.3 Å². The third-order valence-electron chi connectivity index (χ3n) is 2.31. The zero-order valence-corrected chi connectivity index (χ0v) is 9.77. The van der Waals surface area contributed by atoms with Crippen LogP contribution in [0.25, 0.3) is 0 Å². The van der Waals surface area contributed by atoms with E-state index in [1.807, 2.05) is 37.3 Å². The van der Waals surface area contributed by atoms with Crippen LogP contribution < -0.4 is 0 Å². The average molecular weight is 231 g/mol. The van der Waals surface area contributed by atoms with E-state index >= 15 is 0 Å². The maximum atomic E-state index is 11.6. The fourth-order valence-electron chi connectivity index (χ4n) is 1.52. The molecule has 0 radical (unpaired) electrons. The minimum absolute atomic E-state index is 0.241. The number of nitrogens with zero attached hydrogens (tertiary/aromatic N) is 1. The second-order valence-corrected chi connectivity index (χ2v) is 3.51. The molecule has 4 heteroatoms. The molecule has 4 nitrogen and oxygen atoms in total. The lowest BCUT2D eigenvalue weighted by Gasteiger charge is -2.01. The van der Waals surface area contributed by atoms with Crippen LogP contribution in [0, 0.1) is 0 Å². The van der Waals surface area contributed by atoms with Crippen LogP contribution in [0.2, 0.25) is 0 Å². The van der Waals surface area contributed by atoms with Crippen molar-refractivity contribution in [2.24, 2.45) is 4.99 Å². The SMILES string of the molecule is CCO/C(C)=C1/N=C(c2ccccc2)OC1=O. The molecule has 0 spiro atoms. The number of hydrogen-bond acceptors (Lipinski definition) is 4. The molecule has 88 valence electrons. The minimum Gasteiger partial charge on any atom is -0.496 e. The van der Waals surface area contributed by atoms with E-state index in [0.717, 1.165) is 5.56 Å². The van der Waals surface area contributed by atoms with Gasteiger partial charge in [0.1, 0.15) is 5.76 Å². The molecule has 0 amide bonds. The summed E-state index contributed by atoms with van der Waals surface area (Å²) in [5.41, 5.74) is 1.02. The predicted octanol–water partition coefficient (Wildman–Crippen LogP) is 2.26. The van der Waals surface area contributed by atoms with Gasteiger partial charge in [-0.05, 0) is 26.0 Å². The zero-order chi connectivity index (χ0) is 12.3. The highest BCUT2D eigenvalue weighted by Gasteiger charge is 2.26. The van der Waals surface area contributed by atoms with Gasteiger partial charge < -0.3 is 9.47 Å². The topological polar surface area (TPSA) is 47.9 Å². The highest BCUT2D eigenvalue weighted by Crippen LogP contribution is 2.19. The molecule has 0 aliphatic carbocycles. The molecule has 0 fully saturated rings. The Bertz CT molecular complexity index is 489. The van der Waals surface area contributed by atoms with Crippen molar-refractivity contribution in [3.8, 4) is 0 Å². The Kier molecular flexibility index (Phi) is 3.23. The van der Waals surface area contributed by atoms with Gasteiger partial charge in [0.2, 0.25) is 5.90 Å². The fourth-order valence-corrected chi connectivity index (χ4v) is 1.52. The molecule has 0 N–H and O–H groups in total. The first-order valence-corrected chi connectivity index (χ1v) is 5.42. The molecule has 0 aromatic heterocycles. The van der Waals surface area contributed by atoms with E-state index < -0.39 is 5.97 Å². The van der Waals surface area contributed by atoms with Crippen LogP contribution in [0.3, 0.4) is 0 Å². The monoisotopic (exact) mass is 231 g/mol. The van der Waals surface area contributed by atoms with E-state index in [9.17, 15) is 4.79 Å². The standard InChI is InChI=1S/C13H13NO3/c1-3-16-9(2)11-13(15)17-12(14-11)10-7-5-4-6-8-10/h4-8H,3H2,1-2H3/b11-9+. The minimum atomic E-state index is -0.463. The van der Waals surface area contributed by atoms with Crippen molar-refractivity contribution < 1.29 is 14.3 Å². The van der Waals surface area contributed by atoms with Crippen molar-refractivity contribution in [2.45, 2.75) is 13.8 Å². The van der Waals surface area contributed by atoms with Gasteiger partial charge in [0.15, 0.2) is 5.70 Å². The average Bonchev–Trinajstić information content (AvgIpc) is 2.73. The number of allylic oxidation sites excluding steroid dienone is 1. The third-order valence-corrected chi connectivity index (χ3v) is 2.31. The number of rotatable bonds is 3. The zero-order valence-electron chi connectivity index (χ0n) is 9.77. The van der Waals surface area contributed by atoms with Gasteiger partial charge in [0.25, 0.3) is 0 Å². The van der Waals surface area contributed by atoms with Gasteiger partial charge in [-0.2, -0.15) is 0 Å². The molecule has 0 saturated heterocycles. The van der Waals surface area contributed by atoms with Crippen molar-refractivity contribution in [1.29, 1.82) is 0 Å². The second kappa shape index (κ2) is 4.82. The molecule has 1 aliphatic heterocycles. The van der Waals surface area contributed by atoms with Crippen LogP contribution in [0.15, 0.2) is 46.8 Å². The summed E-state index contributed by atoms with van der Waals surface area (Å²) in [4.78, 5) is 15.8. The smallest absolute Gasteiger partial charge is 0.367 e. The van der Waals surface area contributed by atoms with Crippen molar-refractivity contribution in [2.75, 3.05) is 6.61 Å². The molecule has 1 aromatic rings. The van der Waals surface area contributed by atoms with Crippen LogP contribution in [-0.2, 0) is 14.3 Å². The van der Waals surface area contributed by atoms with Gasteiger partial charge in [-0.15, -0.1) is 0 Å². The van der Waals surface area contributed by atoms with Gasteiger partial charge in [0, 0.05) is 5.56 Å². The number of esters is 1. The fraction of sp³-hybridized carbons (Fsp3) is 0.231. The summed E-state index contributed by atoms with van der Waals surface area (Å²) in [5.74, 6) is 0.350. The lowest BCUT2D eigenvalue weighted by molar-refractivity contribution is -0.130. The van der Waals surface area contributed by atoms with Gasteiger partial charge in [0.05, 0.1) is 6.61 Å². The molecule has 0 atom stereocenters. The van der Waals surface area contributed by atoms with E-state index in [1.165, 1.54) is 0 Å². The van der Waals surface area contributed by atoms with Crippen LogP contribution in [0.4, 0.5) is 0 Å².